The van der Waals surface area contributed by atoms with Crippen molar-refractivity contribution >= 4 is 32.3 Å². The van der Waals surface area contributed by atoms with Crippen LogP contribution in [-0.4, -0.2) is 0 Å². The van der Waals surface area contributed by atoms with Gasteiger partial charge in [0.05, 0.1) is 33.4 Å². The molecule has 0 spiro atoms. The van der Waals surface area contributed by atoms with E-state index in [-0.39, 0.29) is 24.3 Å². The van der Waals surface area contributed by atoms with E-state index in [9.17, 15) is 63.2 Å². The molecule has 4 rings (SSSR count). The number of hydrogen-bond donors (Lipinski definition) is 0. The minimum Gasteiger partial charge on any atom is -0.192 e. The van der Waals surface area contributed by atoms with E-state index in [2.05, 4.69) is 0 Å². The van der Waals surface area contributed by atoms with Gasteiger partial charge in [-0.3, -0.25) is 0 Å². The Morgan fingerprint density at radius 3 is 0.711 bits per heavy atom. The van der Waals surface area contributed by atoms with Gasteiger partial charge < -0.3 is 0 Å². The minimum absolute atomic E-state index is 0.0120. The van der Waals surface area contributed by atoms with Gasteiger partial charge >= 0.3 is 24.7 Å². The summed E-state index contributed by atoms with van der Waals surface area (Å²) in [6.45, 7) is 0. The van der Waals surface area contributed by atoms with Gasteiger partial charge in [-0.1, -0.05) is 0 Å². The second kappa shape index (κ2) is 8.15. The molecule has 0 saturated carbocycles. The normalized spacial score (nSPS) is 13.2. The Hall–Kier alpha value is -4.20. The second-order valence-corrected chi connectivity index (χ2v) is 8.04. The number of nitrogens with zero attached hydrogens (tertiary/aromatic N) is 2. The molecule has 14 heteroatoms. The van der Waals surface area contributed by atoms with Crippen LogP contribution in [0.3, 0.4) is 0 Å². The number of benzene rings is 4. The molecule has 38 heavy (non-hydrogen) atoms. The van der Waals surface area contributed by atoms with E-state index in [1.165, 1.54) is 0 Å². The topological polar surface area (TPSA) is 47.6 Å². The van der Waals surface area contributed by atoms with E-state index in [0.717, 1.165) is 12.1 Å². The van der Waals surface area contributed by atoms with Gasteiger partial charge in [0.2, 0.25) is 0 Å². The third-order valence-corrected chi connectivity index (χ3v) is 5.81. The summed E-state index contributed by atoms with van der Waals surface area (Å²) < 4.78 is 163. The van der Waals surface area contributed by atoms with Crippen LogP contribution < -0.4 is 0 Å². The van der Waals surface area contributed by atoms with Crippen molar-refractivity contribution in [2.75, 3.05) is 0 Å². The molecule has 0 amide bonds. The molecular formula is C24H6F12N2. The van der Waals surface area contributed by atoms with Crippen molar-refractivity contribution in [1.82, 2.24) is 0 Å². The first-order chi connectivity index (χ1) is 17.3. The third kappa shape index (κ3) is 4.30. The average molecular weight is 550 g/mol. The lowest BCUT2D eigenvalue weighted by Gasteiger charge is -2.21. The summed E-state index contributed by atoms with van der Waals surface area (Å²) in [7, 11) is 0. The smallest absolute Gasteiger partial charge is 0.192 e. The molecule has 0 unspecified atom stereocenters. The molecular weight excluding hydrogens is 544 g/mol. The Kier molecular flexibility index (Phi) is 5.76. The quantitative estimate of drug-likeness (QED) is 0.162. The van der Waals surface area contributed by atoms with Crippen molar-refractivity contribution in [3.63, 3.8) is 0 Å². The zero-order valence-electron chi connectivity index (χ0n) is 17.9. The van der Waals surface area contributed by atoms with Crippen LogP contribution in [0.2, 0.25) is 0 Å². The van der Waals surface area contributed by atoms with Gasteiger partial charge in [0, 0.05) is 0 Å². The fourth-order valence-corrected chi connectivity index (χ4v) is 4.26. The second-order valence-electron chi connectivity index (χ2n) is 8.04. The van der Waals surface area contributed by atoms with Gasteiger partial charge in [-0.25, -0.2) is 0 Å². The van der Waals surface area contributed by atoms with Crippen LogP contribution in [0.25, 0.3) is 32.3 Å². The van der Waals surface area contributed by atoms with Gasteiger partial charge in [0.1, 0.15) is 12.1 Å². The number of hydrogen-bond acceptors (Lipinski definition) is 2. The van der Waals surface area contributed by atoms with Crippen LogP contribution in [0.5, 0.6) is 0 Å². The highest BCUT2D eigenvalue weighted by Crippen LogP contribution is 2.48. The number of rotatable bonds is 0. The molecule has 0 saturated heterocycles. The Morgan fingerprint density at radius 2 is 0.553 bits per heavy atom. The van der Waals surface area contributed by atoms with Crippen molar-refractivity contribution in [2.45, 2.75) is 24.7 Å². The molecule has 0 aliphatic carbocycles. The fourth-order valence-electron chi connectivity index (χ4n) is 4.26. The summed E-state index contributed by atoms with van der Waals surface area (Å²) in [5.41, 5.74) is -9.91. The van der Waals surface area contributed by atoms with Crippen molar-refractivity contribution in [2.24, 2.45) is 0 Å². The minimum atomic E-state index is -5.65. The first-order valence-corrected chi connectivity index (χ1v) is 9.93. The van der Waals surface area contributed by atoms with Crippen molar-refractivity contribution in [3.8, 4) is 12.1 Å². The predicted molar refractivity (Wildman–Crippen MR) is 108 cm³/mol. The van der Waals surface area contributed by atoms with Crippen LogP contribution in [0, 0.1) is 22.7 Å². The van der Waals surface area contributed by atoms with Gasteiger partial charge in [-0.05, 0) is 68.7 Å². The molecule has 0 aliphatic rings. The Labute approximate surface area is 202 Å². The van der Waals surface area contributed by atoms with E-state index in [4.69, 9.17) is 0 Å². The van der Waals surface area contributed by atoms with E-state index >= 15 is 0 Å². The van der Waals surface area contributed by atoms with Gasteiger partial charge in [-0.15, -0.1) is 0 Å². The highest BCUT2D eigenvalue weighted by Gasteiger charge is 2.45. The molecule has 0 heterocycles. The Morgan fingerprint density at radius 1 is 0.368 bits per heavy atom. The SMILES string of the molecule is N#Cc1cc2c(cc1C#N)c1cc(C(F)(F)F)c(C(F)(F)F)cc1c1cc(C(F)(F)F)c(C(F)(F)F)cc21. The van der Waals surface area contributed by atoms with E-state index < -0.39 is 90.4 Å². The van der Waals surface area contributed by atoms with E-state index in [1.54, 1.807) is 12.1 Å². The molecule has 196 valence electrons. The summed E-state index contributed by atoms with van der Waals surface area (Å²) in [6, 6.07) is 4.51. The lowest BCUT2D eigenvalue weighted by atomic mass is 9.87. The van der Waals surface area contributed by atoms with Crippen LogP contribution in [-0.2, 0) is 24.7 Å². The maximum absolute atomic E-state index is 13.6. The van der Waals surface area contributed by atoms with Gasteiger partial charge in [0.25, 0.3) is 0 Å². The molecule has 0 radical (unpaired) electrons. The van der Waals surface area contributed by atoms with E-state index in [0.29, 0.717) is 0 Å². The highest BCUT2D eigenvalue weighted by molar-refractivity contribution is 6.26. The summed E-state index contributed by atoms with van der Waals surface area (Å²) >= 11 is 0. The predicted octanol–water partition coefficient (Wildman–Crippen LogP) is 8.96. The zero-order valence-corrected chi connectivity index (χ0v) is 17.9. The molecule has 0 bridgehead atoms. The van der Waals surface area contributed by atoms with Crippen LogP contribution in [0.1, 0.15) is 33.4 Å². The number of nitriles is 2. The van der Waals surface area contributed by atoms with Crippen molar-refractivity contribution in [3.05, 3.63) is 69.8 Å². The standard InChI is InChI=1S/C24H6F12N2/c25-21(26,27)17-3-13-11-1-9(7-37)10(8-38)2-12(11)14-4-18(22(28,29)30)20(24(34,35)36)6-16(14)15(13)5-19(17)23(31,32)33/h1-6H. The monoisotopic (exact) mass is 550 g/mol. The zero-order chi connectivity index (χ0) is 28.6. The van der Waals surface area contributed by atoms with E-state index in [1.807, 2.05) is 0 Å². The molecule has 0 fully saturated rings. The summed E-state index contributed by atoms with van der Waals surface area (Å²) in [5.74, 6) is 0. The lowest BCUT2D eigenvalue weighted by molar-refractivity contribution is -0.162. The van der Waals surface area contributed by atoms with Gasteiger partial charge in [-0.2, -0.15) is 63.2 Å². The maximum Gasteiger partial charge on any atom is 0.417 e. The summed E-state index contributed by atoms with van der Waals surface area (Å²) in [4.78, 5) is 0. The molecule has 4 aromatic rings. The number of fused-ring (bicyclic) bond motifs is 6. The van der Waals surface area contributed by atoms with Gasteiger partial charge in [0.15, 0.2) is 0 Å². The highest BCUT2D eigenvalue weighted by atomic mass is 19.4. The van der Waals surface area contributed by atoms with Crippen LogP contribution in [0.15, 0.2) is 36.4 Å². The largest absolute Gasteiger partial charge is 0.417 e. The molecule has 0 atom stereocenters. The molecule has 0 aromatic heterocycles. The van der Waals surface area contributed by atoms with Crippen LogP contribution >= 0.6 is 0 Å². The average Bonchev–Trinajstić information content (AvgIpc) is 2.79. The first-order valence-electron chi connectivity index (χ1n) is 9.93. The molecule has 0 N–H and O–H groups in total. The Bertz CT molecular complexity index is 1600. The molecule has 2 nitrogen and oxygen atoms in total. The first kappa shape index (κ1) is 26.9. The summed E-state index contributed by atoms with van der Waals surface area (Å²) in [5, 5.41) is 14.5. The lowest BCUT2D eigenvalue weighted by Crippen LogP contribution is -2.17. The maximum atomic E-state index is 13.6. The Balaban J connectivity index is 2.42. The van der Waals surface area contributed by atoms with Crippen molar-refractivity contribution in [1.29, 1.82) is 10.5 Å². The van der Waals surface area contributed by atoms with Crippen LogP contribution in [0.4, 0.5) is 52.7 Å². The number of halogens is 12. The fraction of sp³-hybridized carbons (Fsp3) is 0.167. The molecule has 0 aliphatic heterocycles. The van der Waals surface area contributed by atoms with Crippen molar-refractivity contribution < 1.29 is 52.7 Å². The number of alkyl halides is 12. The third-order valence-electron chi connectivity index (χ3n) is 5.81. The summed E-state index contributed by atoms with van der Waals surface area (Å²) in [6.07, 6.45) is -22.5. The molecule has 4 aromatic carbocycles.